The number of carbonyl (C=O) groups excluding carboxylic acids is 6. The van der Waals surface area contributed by atoms with Gasteiger partial charge in [-0.05, 0) is 60.0 Å². The number of rotatable bonds is 12. The minimum atomic E-state index is -2.22. The molecule has 292 valence electrons. The predicted molar refractivity (Wildman–Crippen MR) is 185 cm³/mol. The molecule has 4 aliphatic carbocycles. The molecule has 0 radical (unpaired) electrons. The Balaban J connectivity index is 2.07. The van der Waals surface area contributed by atoms with Crippen LogP contribution in [-0.2, 0) is 57.2 Å². The summed E-state index contributed by atoms with van der Waals surface area (Å²) in [5.41, 5.74) is -6.35. The van der Waals surface area contributed by atoms with Crippen molar-refractivity contribution in [2.45, 2.75) is 156 Å². The summed E-state index contributed by atoms with van der Waals surface area (Å²) in [5.74, 6) is -3.70. The monoisotopic (exact) mass is 734 g/mol. The Morgan fingerprint density at radius 2 is 1.33 bits per heavy atom. The zero-order valence-corrected chi connectivity index (χ0v) is 32.4. The summed E-state index contributed by atoms with van der Waals surface area (Å²) >= 11 is 0. The molecule has 3 fully saturated rings. The van der Waals surface area contributed by atoms with Crippen molar-refractivity contribution >= 4 is 35.8 Å². The lowest BCUT2D eigenvalue weighted by Crippen LogP contribution is -2.81. The third-order valence-corrected chi connectivity index (χ3v) is 12.3. The first kappa shape index (κ1) is 41.3. The Bertz CT molecular complexity index is 1450. The minimum Gasteiger partial charge on any atom is -0.465 e. The highest BCUT2D eigenvalue weighted by atomic mass is 16.6. The Morgan fingerprint density at radius 3 is 1.85 bits per heavy atom. The molecule has 0 aliphatic heterocycles. The summed E-state index contributed by atoms with van der Waals surface area (Å²) in [6.45, 7) is 15.3. The van der Waals surface area contributed by atoms with E-state index < -0.39 is 102 Å². The van der Waals surface area contributed by atoms with Gasteiger partial charge in [0, 0.05) is 54.4 Å². The second kappa shape index (κ2) is 15.5. The largest absolute Gasteiger partial charge is 0.465 e. The quantitative estimate of drug-likeness (QED) is 0.162. The average Bonchev–Trinajstić information content (AvgIpc) is 3.33. The summed E-state index contributed by atoms with van der Waals surface area (Å²) < 4.78 is 35.6. The van der Waals surface area contributed by atoms with E-state index in [1.807, 2.05) is 0 Å². The van der Waals surface area contributed by atoms with Gasteiger partial charge in [0.2, 0.25) is 0 Å². The number of carbonyl (C=O) groups is 6. The molecule has 0 saturated heterocycles. The molecule has 11 atom stereocenters. The fourth-order valence-electron chi connectivity index (χ4n) is 10.6. The summed E-state index contributed by atoms with van der Waals surface area (Å²) in [4.78, 5) is 76.8. The van der Waals surface area contributed by atoms with Gasteiger partial charge < -0.3 is 33.5 Å². The standard InChI is InChI=1S/C39H58O13/c1-21(2)12-11-13-22(3)29-14-15-30-31-16-34(50-26(7)43)38(52-28(9)45)18-33(49-25(6)42)32(48-24(5)41)17-37(38,20-47-23(4)40)39(31,46)35(51-27(8)44)19-36(29,30)10/h16,21-22,29-30,32-35,46H,11-15,17-20H2,1-10H3. The maximum absolute atomic E-state index is 13.8. The second-order valence-corrected chi connectivity index (χ2v) is 16.3. The number of aliphatic hydroxyl groups is 1. The van der Waals surface area contributed by atoms with Crippen molar-refractivity contribution in [3.05, 3.63) is 11.6 Å². The highest BCUT2D eigenvalue weighted by Crippen LogP contribution is 2.71. The van der Waals surface area contributed by atoms with E-state index in [-0.39, 0.29) is 18.3 Å². The zero-order chi connectivity index (χ0) is 39.0. The first-order valence-corrected chi connectivity index (χ1v) is 18.6. The predicted octanol–water partition coefficient (Wildman–Crippen LogP) is 4.93. The van der Waals surface area contributed by atoms with Crippen LogP contribution in [0.3, 0.4) is 0 Å². The fraction of sp³-hybridized carbons (Fsp3) is 0.795. The summed E-state index contributed by atoms with van der Waals surface area (Å²) in [6.07, 6.45) is 0.464. The zero-order valence-electron chi connectivity index (χ0n) is 32.4. The van der Waals surface area contributed by atoms with Gasteiger partial charge in [-0.2, -0.15) is 0 Å². The molecule has 1 N–H and O–H groups in total. The fourth-order valence-corrected chi connectivity index (χ4v) is 10.6. The lowest BCUT2D eigenvalue weighted by Gasteiger charge is -2.68. The number of ether oxygens (including phenoxy) is 6. The van der Waals surface area contributed by atoms with E-state index in [9.17, 15) is 33.9 Å². The van der Waals surface area contributed by atoms with Crippen LogP contribution < -0.4 is 0 Å². The molecular weight excluding hydrogens is 676 g/mol. The third kappa shape index (κ3) is 7.48. The molecule has 0 spiro atoms. The van der Waals surface area contributed by atoms with E-state index >= 15 is 0 Å². The van der Waals surface area contributed by atoms with E-state index in [1.54, 1.807) is 6.08 Å². The highest BCUT2D eigenvalue weighted by Gasteiger charge is 2.81. The first-order chi connectivity index (χ1) is 24.1. The maximum atomic E-state index is 13.8. The van der Waals surface area contributed by atoms with E-state index in [0.717, 1.165) is 32.6 Å². The van der Waals surface area contributed by atoms with Gasteiger partial charge in [0.25, 0.3) is 0 Å². The van der Waals surface area contributed by atoms with Crippen molar-refractivity contribution in [1.29, 1.82) is 0 Å². The number of hydrogen-bond donors (Lipinski definition) is 1. The van der Waals surface area contributed by atoms with Gasteiger partial charge in [-0.3, -0.25) is 28.8 Å². The van der Waals surface area contributed by atoms with E-state index in [4.69, 9.17) is 28.4 Å². The summed E-state index contributed by atoms with van der Waals surface area (Å²) in [6, 6.07) is 0. The van der Waals surface area contributed by atoms with Crippen molar-refractivity contribution in [1.82, 2.24) is 0 Å². The van der Waals surface area contributed by atoms with Gasteiger partial charge in [0.1, 0.15) is 30.5 Å². The van der Waals surface area contributed by atoms with Crippen molar-refractivity contribution in [3.8, 4) is 0 Å². The molecule has 13 nitrogen and oxygen atoms in total. The first-order valence-electron chi connectivity index (χ1n) is 18.6. The Labute approximate surface area is 306 Å². The van der Waals surface area contributed by atoms with Crippen LogP contribution in [0.2, 0.25) is 0 Å². The van der Waals surface area contributed by atoms with Crippen LogP contribution in [0.1, 0.15) is 121 Å². The highest BCUT2D eigenvalue weighted by molar-refractivity contribution is 5.71. The lowest BCUT2D eigenvalue weighted by atomic mass is 9.41. The van der Waals surface area contributed by atoms with Crippen LogP contribution in [0, 0.1) is 34.5 Å². The van der Waals surface area contributed by atoms with Crippen molar-refractivity contribution in [2.75, 3.05) is 6.61 Å². The Kier molecular flexibility index (Phi) is 12.3. The van der Waals surface area contributed by atoms with Gasteiger partial charge in [-0.15, -0.1) is 0 Å². The molecule has 3 saturated carbocycles. The number of hydrogen-bond acceptors (Lipinski definition) is 13. The smallest absolute Gasteiger partial charge is 0.303 e. The number of esters is 6. The molecule has 13 heteroatoms. The molecular formula is C39H58O13. The summed E-state index contributed by atoms with van der Waals surface area (Å²) in [5, 5.41) is 13.8. The van der Waals surface area contributed by atoms with E-state index in [0.29, 0.717) is 23.8 Å². The minimum absolute atomic E-state index is 0.179. The maximum Gasteiger partial charge on any atom is 0.303 e. The van der Waals surface area contributed by atoms with Crippen LogP contribution in [0.5, 0.6) is 0 Å². The van der Waals surface area contributed by atoms with Crippen LogP contribution in [0.15, 0.2) is 11.6 Å². The normalized spacial score (nSPS) is 36.9. The van der Waals surface area contributed by atoms with Crippen molar-refractivity contribution in [2.24, 2.45) is 34.5 Å². The van der Waals surface area contributed by atoms with Gasteiger partial charge in [0.15, 0.2) is 11.7 Å². The number of fused-ring (bicyclic) bond motifs is 5. The van der Waals surface area contributed by atoms with Crippen LogP contribution in [0.25, 0.3) is 0 Å². The Hall–Kier alpha value is -3.48. The average molecular weight is 735 g/mol. The molecule has 4 aliphatic rings. The van der Waals surface area contributed by atoms with Crippen molar-refractivity contribution < 1.29 is 62.3 Å². The molecule has 0 heterocycles. The second-order valence-electron chi connectivity index (χ2n) is 16.3. The molecule has 11 unspecified atom stereocenters. The molecule has 0 aromatic rings. The summed E-state index contributed by atoms with van der Waals surface area (Å²) in [7, 11) is 0. The third-order valence-electron chi connectivity index (χ3n) is 12.3. The van der Waals surface area contributed by atoms with Gasteiger partial charge in [0.05, 0.1) is 5.41 Å². The Morgan fingerprint density at radius 1 is 0.750 bits per heavy atom. The van der Waals surface area contributed by atoms with Gasteiger partial charge in [-0.1, -0.05) is 47.0 Å². The van der Waals surface area contributed by atoms with Crippen molar-refractivity contribution in [3.63, 3.8) is 0 Å². The van der Waals surface area contributed by atoms with Crippen LogP contribution in [0.4, 0.5) is 0 Å². The van der Waals surface area contributed by atoms with E-state index in [1.165, 1.54) is 34.6 Å². The van der Waals surface area contributed by atoms with Gasteiger partial charge >= 0.3 is 35.8 Å². The molecule has 0 aromatic carbocycles. The molecule has 52 heavy (non-hydrogen) atoms. The van der Waals surface area contributed by atoms with Gasteiger partial charge in [-0.25, -0.2) is 0 Å². The topological polar surface area (TPSA) is 178 Å². The molecule has 4 rings (SSSR count). The van der Waals surface area contributed by atoms with Crippen LogP contribution in [-0.4, -0.2) is 83.1 Å². The SMILES string of the molecule is CC(=O)OCC12CC(OC(C)=O)C(OC(C)=O)CC1(OC(C)=O)C(OC(C)=O)C=C1C3CCC(C(C)CCCC(C)C)C3(C)CC(OC(C)=O)C12O. The molecule has 0 amide bonds. The lowest BCUT2D eigenvalue weighted by molar-refractivity contribution is -0.318. The van der Waals surface area contributed by atoms with Crippen LogP contribution >= 0.6 is 0 Å². The molecule has 0 aromatic heterocycles. The van der Waals surface area contributed by atoms with E-state index in [2.05, 4.69) is 27.7 Å². The molecule has 0 bridgehead atoms.